The Morgan fingerprint density at radius 3 is 2.73 bits per heavy atom. The van der Waals surface area contributed by atoms with Crippen LogP contribution < -0.4 is 0 Å². The Labute approximate surface area is 130 Å². The molecule has 1 saturated heterocycles. The molecule has 3 N–H and O–H groups in total. The van der Waals surface area contributed by atoms with Gasteiger partial charge in [-0.3, -0.25) is 10.00 Å². The third-order valence-electron chi connectivity index (χ3n) is 4.79. The zero-order valence-corrected chi connectivity index (χ0v) is 13.0. The van der Waals surface area contributed by atoms with Crippen LogP contribution in [0.15, 0.2) is 30.5 Å². The fourth-order valence-corrected chi connectivity index (χ4v) is 3.42. The summed E-state index contributed by atoms with van der Waals surface area (Å²) in [6.07, 6.45) is 1.26. The molecule has 1 aliphatic heterocycles. The lowest BCUT2D eigenvalue weighted by atomic mass is 9.90. The number of aryl methyl sites for hydroxylation is 2. The first-order valence-electron chi connectivity index (χ1n) is 7.69. The van der Waals surface area contributed by atoms with E-state index < -0.39 is 6.10 Å². The van der Waals surface area contributed by atoms with Crippen molar-refractivity contribution in [1.82, 2.24) is 15.1 Å². The lowest BCUT2D eigenvalue weighted by Crippen LogP contribution is -2.38. The topological polar surface area (TPSA) is 72.4 Å². The minimum Gasteiger partial charge on any atom is -0.395 e. The highest BCUT2D eigenvalue weighted by atomic mass is 16.3. The first kappa shape index (κ1) is 15.2. The highest BCUT2D eigenvalue weighted by molar-refractivity contribution is 5.32. The molecule has 1 aromatic heterocycles. The number of aromatic amines is 1. The molecule has 0 aliphatic carbocycles. The lowest BCUT2D eigenvalue weighted by Gasteiger charge is -2.23. The molecule has 2 aromatic rings. The number of aromatic nitrogens is 2. The summed E-state index contributed by atoms with van der Waals surface area (Å²) in [5.74, 6) is 0.0329. The maximum absolute atomic E-state index is 10.7. The van der Waals surface area contributed by atoms with Gasteiger partial charge in [-0.05, 0) is 25.0 Å². The monoisotopic (exact) mass is 301 g/mol. The van der Waals surface area contributed by atoms with Crippen LogP contribution in [-0.4, -0.2) is 50.6 Å². The molecule has 5 nitrogen and oxygen atoms in total. The van der Waals surface area contributed by atoms with E-state index in [4.69, 9.17) is 0 Å². The molecule has 5 heteroatoms. The Hall–Kier alpha value is -1.69. The Morgan fingerprint density at radius 2 is 2.09 bits per heavy atom. The quantitative estimate of drug-likeness (QED) is 0.797. The summed E-state index contributed by atoms with van der Waals surface area (Å²) >= 11 is 0. The molecular weight excluding hydrogens is 278 g/mol. The van der Waals surface area contributed by atoms with Crippen molar-refractivity contribution in [2.45, 2.75) is 38.5 Å². The fourth-order valence-electron chi connectivity index (χ4n) is 3.42. The second-order valence-electron chi connectivity index (χ2n) is 6.15. The summed E-state index contributed by atoms with van der Waals surface area (Å²) in [6, 6.07) is 7.92. The van der Waals surface area contributed by atoms with E-state index in [0.717, 1.165) is 17.8 Å². The average Bonchev–Trinajstić information content (AvgIpc) is 3.04. The number of hydrogen-bond donors (Lipinski definition) is 3. The number of aliphatic hydroxyl groups excluding tert-OH is 2. The van der Waals surface area contributed by atoms with E-state index in [1.165, 1.54) is 11.1 Å². The van der Waals surface area contributed by atoms with E-state index in [1.54, 1.807) is 0 Å². The average molecular weight is 301 g/mol. The summed E-state index contributed by atoms with van der Waals surface area (Å²) in [7, 11) is 0. The normalized spacial score (nSPS) is 25.7. The number of H-pyrrole nitrogens is 1. The SMILES string of the molecule is Cc1ccccc1[C@H]1CN(Cc2cn[nH]c2C)[C@H](CO)[C@@H]1O. The van der Waals surface area contributed by atoms with Crippen molar-refractivity contribution in [3.05, 3.63) is 52.8 Å². The molecule has 1 aliphatic rings. The van der Waals surface area contributed by atoms with Crippen LogP contribution in [-0.2, 0) is 6.54 Å². The third kappa shape index (κ3) is 2.67. The molecule has 3 atom stereocenters. The van der Waals surface area contributed by atoms with Crippen molar-refractivity contribution >= 4 is 0 Å². The standard InChI is InChI=1S/C17H23N3O2/c1-11-5-3-4-6-14(11)15-9-20(16(10-21)17(15)22)8-13-7-18-19-12(13)2/h3-7,15-17,21-22H,8-10H2,1-2H3,(H,18,19)/t15-,16-,17-/m1/s1. The van der Waals surface area contributed by atoms with Gasteiger partial charge in [-0.25, -0.2) is 0 Å². The second kappa shape index (κ2) is 6.20. The van der Waals surface area contributed by atoms with Crippen molar-refractivity contribution in [3.63, 3.8) is 0 Å². The molecule has 0 amide bonds. The number of nitrogens with zero attached hydrogens (tertiary/aromatic N) is 2. The molecule has 0 unspecified atom stereocenters. The smallest absolute Gasteiger partial charge is 0.0798 e. The van der Waals surface area contributed by atoms with Crippen molar-refractivity contribution in [2.75, 3.05) is 13.2 Å². The molecule has 2 heterocycles. The van der Waals surface area contributed by atoms with Gasteiger partial charge < -0.3 is 10.2 Å². The van der Waals surface area contributed by atoms with Gasteiger partial charge in [0, 0.05) is 30.3 Å². The van der Waals surface area contributed by atoms with Crippen molar-refractivity contribution in [3.8, 4) is 0 Å². The molecular formula is C17H23N3O2. The molecule has 118 valence electrons. The van der Waals surface area contributed by atoms with Crippen LogP contribution in [0.5, 0.6) is 0 Å². The molecule has 0 spiro atoms. The van der Waals surface area contributed by atoms with Gasteiger partial charge in [0.2, 0.25) is 0 Å². The molecule has 3 rings (SSSR count). The third-order valence-corrected chi connectivity index (χ3v) is 4.79. The zero-order valence-electron chi connectivity index (χ0n) is 13.0. The van der Waals surface area contributed by atoms with E-state index >= 15 is 0 Å². The number of likely N-dealkylation sites (tertiary alicyclic amines) is 1. The van der Waals surface area contributed by atoms with Crippen LogP contribution in [0, 0.1) is 13.8 Å². The van der Waals surface area contributed by atoms with Gasteiger partial charge in [0.15, 0.2) is 0 Å². The number of hydrogen-bond acceptors (Lipinski definition) is 4. The first-order valence-corrected chi connectivity index (χ1v) is 7.69. The van der Waals surface area contributed by atoms with Gasteiger partial charge >= 0.3 is 0 Å². The predicted molar refractivity (Wildman–Crippen MR) is 84.5 cm³/mol. The Kier molecular flexibility index (Phi) is 4.29. The van der Waals surface area contributed by atoms with Gasteiger partial charge in [-0.1, -0.05) is 24.3 Å². The Balaban J connectivity index is 1.84. The minimum absolute atomic E-state index is 0.0329. The summed E-state index contributed by atoms with van der Waals surface area (Å²) < 4.78 is 0. The van der Waals surface area contributed by atoms with Crippen molar-refractivity contribution in [2.24, 2.45) is 0 Å². The largest absolute Gasteiger partial charge is 0.395 e. The maximum atomic E-state index is 10.7. The van der Waals surface area contributed by atoms with E-state index in [9.17, 15) is 10.2 Å². The van der Waals surface area contributed by atoms with E-state index in [0.29, 0.717) is 6.54 Å². The number of aliphatic hydroxyl groups is 2. The predicted octanol–water partition coefficient (Wildman–Crippen LogP) is 1.35. The Bertz CT molecular complexity index is 640. The van der Waals surface area contributed by atoms with Crippen molar-refractivity contribution in [1.29, 1.82) is 0 Å². The second-order valence-corrected chi connectivity index (χ2v) is 6.15. The minimum atomic E-state index is -0.557. The van der Waals surface area contributed by atoms with Crippen LogP contribution in [0.3, 0.4) is 0 Å². The van der Waals surface area contributed by atoms with Gasteiger partial charge in [0.25, 0.3) is 0 Å². The van der Waals surface area contributed by atoms with Crippen LogP contribution in [0.2, 0.25) is 0 Å². The van der Waals surface area contributed by atoms with Gasteiger partial charge in [-0.15, -0.1) is 0 Å². The summed E-state index contributed by atoms with van der Waals surface area (Å²) in [5.41, 5.74) is 4.49. The van der Waals surface area contributed by atoms with Crippen molar-refractivity contribution < 1.29 is 10.2 Å². The lowest BCUT2D eigenvalue weighted by molar-refractivity contribution is 0.0640. The van der Waals surface area contributed by atoms with Gasteiger partial charge in [0.1, 0.15) is 0 Å². The van der Waals surface area contributed by atoms with Crippen LogP contribution in [0.4, 0.5) is 0 Å². The number of rotatable bonds is 4. The molecule has 1 aromatic carbocycles. The highest BCUT2D eigenvalue weighted by Crippen LogP contribution is 2.34. The molecule has 0 saturated carbocycles. The van der Waals surface area contributed by atoms with Crippen LogP contribution in [0.25, 0.3) is 0 Å². The first-order chi connectivity index (χ1) is 10.6. The number of nitrogens with one attached hydrogen (secondary N) is 1. The molecule has 0 bridgehead atoms. The summed E-state index contributed by atoms with van der Waals surface area (Å²) in [5, 5.41) is 27.4. The van der Waals surface area contributed by atoms with E-state index in [1.807, 2.05) is 25.3 Å². The highest BCUT2D eigenvalue weighted by Gasteiger charge is 2.41. The van der Waals surface area contributed by atoms with Gasteiger partial charge in [-0.2, -0.15) is 5.10 Å². The molecule has 1 fully saturated rings. The summed E-state index contributed by atoms with van der Waals surface area (Å²) in [6.45, 7) is 5.44. The maximum Gasteiger partial charge on any atom is 0.0798 e. The van der Waals surface area contributed by atoms with E-state index in [2.05, 4.69) is 34.2 Å². The van der Waals surface area contributed by atoms with E-state index in [-0.39, 0.29) is 18.6 Å². The number of benzene rings is 1. The summed E-state index contributed by atoms with van der Waals surface area (Å²) in [4.78, 5) is 2.15. The zero-order chi connectivity index (χ0) is 15.7. The molecule has 0 radical (unpaired) electrons. The molecule has 22 heavy (non-hydrogen) atoms. The Morgan fingerprint density at radius 1 is 1.32 bits per heavy atom. The van der Waals surface area contributed by atoms with Crippen LogP contribution in [0.1, 0.15) is 28.3 Å². The van der Waals surface area contributed by atoms with Gasteiger partial charge in [0.05, 0.1) is 24.9 Å². The fraction of sp³-hybridized carbons (Fsp3) is 0.471. The van der Waals surface area contributed by atoms with Crippen LogP contribution >= 0.6 is 0 Å².